The molecule has 4 aromatic rings. The third kappa shape index (κ3) is 2.69. The Morgan fingerprint density at radius 2 is 1.93 bits per heavy atom. The fourth-order valence-electron chi connectivity index (χ4n) is 4.63. The number of amides is 1. The predicted octanol–water partition coefficient (Wildman–Crippen LogP) is 2.17. The molecule has 5 heterocycles. The van der Waals surface area contributed by atoms with E-state index in [9.17, 15) is 9.90 Å². The predicted molar refractivity (Wildman–Crippen MR) is 112 cm³/mol. The highest BCUT2D eigenvalue weighted by atomic mass is 32.1. The number of piperidine rings is 1. The lowest BCUT2D eigenvalue weighted by atomic mass is 10.1. The van der Waals surface area contributed by atoms with Crippen molar-refractivity contribution in [2.24, 2.45) is 24.8 Å². The molecule has 1 aliphatic heterocycles. The van der Waals surface area contributed by atoms with E-state index in [-0.39, 0.29) is 12.5 Å². The van der Waals surface area contributed by atoms with Crippen LogP contribution in [0.3, 0.4) is 0 Å². The highest BCUT2D eigenvalue weighted by molar-refractivity contribution is 7.12. The van der Waals surface area contributed by atoms with E-state index in [0.29, 0.717) is 17.8 Å². The summed E-state index contributed by atoms with van der Waals surface area (Å²) in [6, 6.07) is 1.94. The van der Waals surface area contributed by atoms with Gasteiger partial charge in [-0.15, -0.1) is 11.3 Å². The van der Waals surface area contributed by atoms with Gasteiger partial charge in [0.1, 0.15) is 0 Å². The van der Waals surface area contributed by atoms with Crippen LogP contribution in [0.4, 0.5) is 0 Å². The average molecular weight is 420 g/mol. The summed E-state index contributed by atoms with van der Waals surface area (Å²) < 4.78 is 3.52. The van der Waals surface area contributed by atoms with Crippen molar-refractivity contribution in [3.63, 3.8) is 0 Å². The quantitative estimate of drug-likeness (QED) is 0.547. The molecule has 0 bridgehead atoms. The molecule has 2 fully saturated rings. The zero-order valence-corrected chi connectivity index (χ0v) is 17.2. The van der Waals surface area contributed by atoms with E-state index in [0.717, 1.165) is 45.9 Å². The molecule has 2 unspecified atom stereocenters. The van der Waals surface area contributed by atoms with Crippen LogP contribution in [0, 0.1) is 17.8 Å². The normalized spacial score (nSPS) is 22.6. The first-order valence-corrected chi connectivity index (χ1v) is 10.8. The Balaban J connectivity index is 1.25. The van der Waals surface area contributed by atoms with E-state index in [1.807, 2.05) is 42.0 Å². The number of likely N-dealkylation sites (tertiary alicyclic amines) is 1. The van der Waals surface area contributed by atoms with Crippen molar-refractivity contribution >= 4 is 22.9 Å². The molecule has 6 rings (SSSR count). The first kappa shape index (κ1) is 17.8. The summed E-state index contributed by atoms with van der Waals surface area (Å²) in [5.74, 6) is 1.44. The second-order valence-electron chi connectivity index (χ2n) is 8.16. The molecule has 1 saturated heterocycles. The minimum atomic E-state index is 0.0819. The first-order valence-electron chi connectivity index (χ1n) is 9.94. The smallest absolute Gasteiger partial charge is 0.263 e. The number of nitrogens with zero attached hydrogens (tertiary/aromatic N) is 6. The van der Waals surface area contributed by atoms with Gasteiger partial charge in [0.25, 0.3) is 5.91 Å². The van der Waals surface area contributed by atoms with Crippen molar-refractivity contribution in [2.45, 2.75) is 0 Å². The minimum Gasteiger partial charge on any atom is -0.396 e. The highest BCUT2D eigenvalue weighted by Gasteiger charge is 2.56. The molecule has 1 aliphatic carbocycles. The molecule has 1 amide bonds. The molecule has 2 atom stereocenters. The lowest BCUT2D eigenvalue weighted by molar-refractivity contribution is 0.0765. The van der Waals surface area contributed by atoms with Crippen LogP contribution >= 0.6 is 11.3 Å². The Morgan fingerprint density at radius 1 is 1.13 bits per heavy atom. The van der Waals surface area contributed by atoms with Crippen LogP contribution in [0.25, 0.3) is 27.9 Å². The van der Waals surface area contributed by atoms with Crippen LogP contribution in [-0.2, 0) is 7.05 Å². The fraction of sp³-hybridized carbons (Fsp3) is 0.333. The van der Waals surface area contributed by atoms with Crippen molar-refractivity contribution in [2.75, 3.05) is 19.7 Å². The van der Waals surface area contributed by atoms with E-state index in [1.165, 1.54) is 11.3 Å². The van der Waals surface area contributed by atoms with E-state index in [4.69, 9.17) is 0 Å². The van der Waals surface area contributed by atoms with Gasteiger partial charge in [0, 0.05) is 62.0 Å². The molecule has 2 aliphatic rings. The first-order chi connectivity index (χ1) is 14.6. The number of fused-ring (bicyclic) bond motifs is 2. The number of hydrogen-bond acceptors (Lipinski definition) is 6. The third-order valence-corrected chi connectivity index (χ3v) is 7.30. The summed E-state index contributed by atoms with van der Waals surface area (Å²) in [6.45, 7) is 1.76. The minimum absolute atomic E-state index is 0.0819. The van der Waals surface area contributed by atoms with Crippen LogP contribution in [0.5, 0.6) is 0 Å². The third-order valence-electron chi connectivity index (χ3n) is 6.39. The fourth-order valence-corrected chi connectivity index (χ4v) is 5.50. The van der Waals surface area contributed by atoms with Crippen LogP contribution < -0.4 is 0 Å². The summed E-state index contributed by atoms with van der Waals surface area (Å²) in [5.41, 5.74) is 4.55. The number of aliphatic hydroxyl groups is 1. The topological polar surface area (TPSA) is 88.5 Å². The van der Waals surface area contributed by atoms with Gasteiger partial charge in [0.15, 0.2) is 5.65 Å². The molecule has 9 heteroatoms. The lowest BCUT2D eigenvalue weighted by Gasteiger charge is -2.18. The van der Waals surface area contributed by atoms with E-state index in [2.05, 4.69) is 15.2 Å². The zero-order chi connectivity index (χ0) is 20.4. The molecule has 1 N–H and O–H groups in total. The number of carbonyl (C=O) groups excluding carboxylic acids is 1. The van der Waals surface area contributed by atoms with Crippen molar-refractivity contribution in [1.82, 2.24) is 29.3 Å². The zero-order valence-electron chi connectivity index (χ0n) is 16.3. The van der Waals surface area contributed by atoms with Gasteiger partial charge >= 0.3 is 0 Å². The van der Waals surface area contributed by atoms with Crippen LogP contribution in [-0.4, -0.2) is 60.0 Å². The molecule has 8 nitrogen and oxygen atoms in total. The Bertz CT molecular complexity index is 1260. The van der Waals surface area contributed by atoms with Gasteiger partial charge in [0.05, 0.1) is 17.3 Å². The van der Waals surface area contributed by atoms with Crippen molar-refractivity contribution in [3.05, 3.63) is 47.3 Å². The van der Waals surface area contributed by atoms with Gasteiger partial charge in [-0.1, -0.05) is 0 Å². The summed E-state index contributed by atoms with van der Waals surface area (Å²) in [4.78, 5) is 20.2. The molecule has 0 aromatic carbocycles. The number of carbonyl (C=O) groups is 1. The molecule has 4 aromatic heterocycles. The molecule has 30 heavy (non-hydrogen) atoms. The monoisotopic (exact) mass is 420 g/mol. The number of aryl methyl sites for hydroxylation is 1. The van der Waals surface area contributed by atoms with Gasteiger partial charge in [0.2, 0.25) is 0 Å². The Hall–Kier alpha value is -3.04. The standard InChI is InChI=1S/C21H20N6O2S/c1-25-6-14(4-23-25)13-3-22-20-15(5-24-27(20)7-13)12-2-19(30-11-12)21(29)26-8-16-17(9-26)18(16)10-28/h2-7,11,16-18,28H,8-10H2,1H3. The summed E-state index contributed by atoms with van der Waals surface area (Å²) in [6.07, 6.45) is 9.30. The van der Waals surface area contributed by atoms with Crippen LogP contribution in [0.2, 0.25) is 0 Å². The number of rotatable bonds is 4. The van der Waals surface area contributed by atoms with Crippen molar-refractivity contribution in [1.29, 1.82) is 0 Å². The van der Waals surface area contributed by atoms with Crippen LogP contribution in [0.15, 0.2) is 42.4 Å². The Morgan fingerprint density at radius 3 is 2.67 bits per heavy atom. The molecule has 152 valence electrons. The maximum absolute atomic E-state index is 12.9. The molecule has 1 saturated carbocycles. The second-order valence-corrected chi connectivity index (χ2v) is 9.07. The molecular formula is C21H20N6O2S. The molecular weight excluding hydrogens is 400 g/mol. The van der Waals surface area contributed by atoms with Gasteiger partial charge < -0.3 is 10.0 Å². The lowest BCUT2D eigenvalue weighted by Crippen LogP contribution is -2.31. The number of aromatic nitrogens is 5. The van der Waals surface area contributed by atoms with E-state index >= 15 is 0 Å². The molecule has 0 spiro atoms. The number of thiophene rings is 1. The average Bonchev–Trinajstić information content (AvgIpc) is 3.34. The van der Waals surface area contributed by atoms with Gasteiger partial charge in [-0.3, -0.25) is 9.48 Å². The van der Waals surface area contributed by atoms with Gasteiger partial charge in [-0.25, -0.2) is 9.50 Å². The van der Waals surface area contributed by atoms with Gasteiger partial charge in [-0.2, -0.15) is 10.2 Å². The maximum Gasteiger partial charge on any atom is 0.263 e. The highest BCUT2D eigenvalue weighted by Crippen LogP contribution is 2.51. The van der Waals surface area contributed by atoms with E-state index in [1.54, 1.807) is 21.6 Å². The van der Waals surface area contributed by atoms with E-state index < -0.39 is 0 Å². The Kier molecular flexibility index (Phi) is 3.84. The second kappa shape index (κ2) is 6.48. The Labute approximate surface area is 176 Å². The molecule has 0 radical (unpaired) electrons. The number of hydrogen-bond donors (Lipinski definition) is 1. The number of aliphatic hydroxyl groups excluding tert-OH is 1. The summed E-state index contributed by atoms with van der Waals surface area (Å²) in [7, 11) is 1.88. The van der Waals surface area contributed by atoms with Gasteiger partial charge in [-0.05, 0) is 34.8 Å². The summed E-state index contributed by atoms with van der Waals surface area (Å²) >= 11 is 1.46. The largest absolute Gasteiger partial charge is 0.396 e. The van der Waals surface area contributed by atoms with Crippen molar-refractivity contribution < 1.29 is 9.90 Å². The summed E-state index contributed by atoms with van der Waals surface area (Å²) in [5, 5.41) is 20.0. The van der Waals surface area contributed by atoms with Crippen molar-refractivity contribution in [3.8, 4) is 22.3 Å². The maximum atomic E-state index is 12.9. The van der Waals surface area contributed by atoms with Crippen LogP contribution in [0.1, 0.15) is 9.67 Å². The SMILES string of the molecule is Cn1cc(-c2cnc3c(-c4csc(C(=O)N5CC6C(CO)C6C5)c4)cnn3c2)cn1.